The summed E-state index contributed by atoms with van der Waals surface area (Å²) in [6.07, 6.45) is 0.847. The van der Waals surface area contributed by atoms with Crippen molar-refractivity contribution in [1.29, 1.82) is 0 Å². The predicted octanol–water partition coefficient (Wildman–Crippen LogP) is 5.04. The fourth-order valence-corrected chi connectivity index (χ4v) is 3.40. The second kappa shape index (κ2) is 10.5. The van der Waals surface area contributed by atoms with Crippen LogP contribution in [-0.4, -0.2) is 37.2 Å². The SMILES string of the molecule is CCOCC(CC)Nc1cc(C)nc(Oc2c(C)cc(Cl)cc2C)c1C(=O)NC. The Morgan fingerprint density at radius 1 is 1.17 bits per heavy atom. The molecule has 0 radical (unpaired) electrons. The molecule has 0 aliphatic carbocycles. The van der Waals surface area contributed by atoms with Gasteiger partial charge >= 0.3 is 0 Å². The van der Waals surface area contributed by atoms with E-state index in [0.29, 0.717) is 35.2 Å². The van der Waals surface area contributed by atoms with E-state index in [1.165, 1.54) is 0 Å². The number of hydrogen-bond donors (Lipinski definition) is 2. The minimum Gasteiger partial charge on any atom is -0.438 e. The van der Waals surface area contributed by atoms with Crippen LogP contribution in [0.3, 0.4) is 0 Å². The lowest BCUT2D eigenvalue weighted by Crippen LogP contribution is -2.28. The van der Waals surface area contributed by atoms with Gasteiger partial charge in [-0.3, -0.25) is 4.79 Å². The summed E-state index contributed by atoms with van der Waals surface area (Å²) in [6.45, 7) is 10.9. The molecule has 2 N–H and O–H groups in total. The van der Waals surface area contributed by atoms with Crippen LogP contribution in [0, 0.1) is 20.8 Å². The molecular formula is C22H30ClN3O3. The van der Waals surface area contributed by atoms with Gasteiger partial charge in [0.1, 0.15) is 11.3 Å². The number of aromatic nitrogens is 1. The van der Waals surface area contributed by atoms with Crippen molar-refractivity contribution in [1.82, 2.24) is 10.3 Å². The molecule has 1 aromatic heterocycles. The Morgan fingerprint density at radius 3 is 2.38 bits per heavy atom. The van der Waals surface area contributed by atoms with Crippen LogP contribution in [-0.2, 0) is 4.74 Å². The third-order valence-electron chi connectivity index (χ3n) is 4.57. The standard InChI is InChI=1S/C22H30ClN3O3/c1-7-17(12-28-8-2)26-18-11-15(5)25-22(19(18)21(27)24-6)29-20-13(3)9-16(23)10-14(20)4/h9-11,17H,7-8,12H2,1-6H3,(H,24,27)(H,25,26). The molecule has 2 aromatic rings. The van der Waals surface area contributed by atoms with E-state index in [1.54, 1.807) is 7.05 Å². The fraction of sp³-hybridized carbons (Fsp3) is 0.455. The Bertz CT molecular complexity index is 848. The molecule has 1 unspecified atom stereocenters. The zero-order chi connectivity index (χ0) is 21.6. The van der Waals surface area contributed by atoms with Crippen LogP contribution in [0.4, 0.5) is 5.69 Å². The number of amides is 1. The van der Waals surface area contributed by atoms with E-state index in [4.69, 9.17) is 21.1 Å². The number of nitrogens with one attached hydrogen (secondary N) is 2. The summed E-state index contributed by atoms with van der Waals surface area (Å²) >= 11 is 6.14. The molecular weight excluding hydrogens is 390 g/mol. The number of anilines is 1. The summed E-state index contributed by atoms with van der Waals surface area (Å²) in [5, 5.41) is 6.75. The molecule has 0 aliphatic heterocycles. The number of carbonyl (C=O) groups excluding carboxylic acids is 1. The van der Waals surface area contributed by atoms with Gasteiger partial charge in [-0.25, -0.2) is 4.98 Å². The van der Waals surface area contributed by atoms with Gasteiger partial charge in [-0.2, -0.15) is 0 Å². The van der Waals surface area contributed by atoms with E-state index in [0.717, 1.165) is 23.2 Å². The summed E-state index contributed by atoms with van der Waals surface area (Å²) < 4.78 is 11.7. The van der Waals surface area contributed by atoms with Crippen LogP contribution in [0.1, 0.15) is 47.4 Å². The molecule has 1 aromatic carbocycles. The zero-order valence-electron chi connectivity index (χ0n) is 18.0. The molecule has 0 spiro atoms. The van der Waals surface area contributed by atoms with Crippen LogP contribution in [0.5, 0.6) is 11.6 Å². The van der Waals surface area contributed by atoms with Crippen molar-refractivity contribution in [3.05, 3.63) is 45.6 Å². The highest BCUT2D eigenvalue weighted by molar-refractivity contribution is 6.30. The minimum atomic E-state index is -0.273. The topological polar surface area (TPSA) is 72.5 Å². The van der Waals surface area contributed by atoms with Crippen molar-refractivity contribution in [3.63, 3.8) is 0 Å². The number of nitrogens with zero attached hydrogens (tertiary/aromatic N) is 1. The Hall–Kier alpha value is -2.31. The van der Waals surface area contributed by atoms with E-state index >= 15 is 0 Å². The van der Waals surface area contributed by atoms with E-state index in [1.807, 2.05) is 45.9 Å². The van der Waals surface area contributed by atoms with Gasteiger partial charge in [0.2, 0.25) is 5.88 Å². The first-order valence-electron chi connectivity index (χ1n) is 9.83. The molecule has 0 saturated heterocycles. The monoisotopic (exact) mass is 419 g/mol. The van der Waals surface area contributed by atoms with Gasteiger partial charge < -0.3 is 20.1 Å². The summed E-state index contributed by atoms with van der Waals surface area (Å²) in [5.41, 5.74) is 3.52. The molecule has 1 atom stereocenters. The quantitative estimate of drug-likeness (QED) is 0.595. The first-order chi connectivity index (χ1) is 13.8. The molecule has 6 nitrogen and oxygen atoms in total. The summed E-state index contributed by atoms with van der Waals surface area (Å²) in [7, 11) is 1.59. The van der Waals surface area contributed by atoms with Crippen molar-refractivity contribution in [3.8, 4) is 11.6 Å². The normalized spacial score (nSPS) is 11.8. The minimum absolute atomic E-state index is 0.0620. The van der Waals surface area contributed by atoms with Gasteiger partial charge in [0.05, 0.1) is 12.3 Å². The molecule has 1 amide bonds. The van der Waals surface area contributed by atoms with Crippen molar-refractivity contribution < 1.29 is 14.3 Å². The van der Waals surface area contributed by atoms with Crippen molar-refractivity contribution >= 4 is 23.2 Å². The predicted molar refractivity (Wildman–Crippen MR) is 118 cm³/mol. The molecule has 0 bridgehead atoms. The van der Waals surface area contributed by atoms with Crippen molar-refractivity contribution in [2.75, 3.05) is 25.6 Å². The Kier molecular flexibility index (Phi) is 8.29. The van der Waals surface area contributed by atoms with Gasteiger partial charge in [-0.1, -0.05) is 18.5 Å². The molecule has 0 fully saturated rings. The molecule has 29 heavy (non-hydrogen) atoms. The Balaban J connectivity index is 2.52. The lowest BCUT2D eigenvalue weighted by atomic mass is 10.1. The first-order valence-corrected chi connectivity index (χ1v) is 10.2. The number of aryl methyl sites for hydroxylation is 3. The Morgan fingerprint density at radius 2 is 1.83 bits per heavy atom. The van der Waals surface area contributed by atoms with Gasteiger partial charge in [-0.05, 0) is 63.4 Å². The first kappa shape index (κ1) is 23.0. The molecule has 2 rings (SSSR count). The van der Waals surface area contributed by atoms with Gasteiger partial charge in [0.15, 0.2) is 0 Å². The van der Waals surface area contributed by atoms with E-state index in [-0.39, 0.29) is 17.8 Å². The maximum absolute atomic E-state index is 12.7. The second-order valence-corrected chi connectivity index (χ2v) is 7.39. The highest BCUT2D eigenvalue weighted by Crippen LogP contribution is 2.35. The summed E-state index contributed by atoms with van der Waals surface area (Å²) in [6, 6.07) is 5.57. The van der Waals surface area contributed by atoms with Crippen LogP contribution in [0.25, 0.3) is 0 Å². The highest BCUT2D eigenvalue weighted by Gasteiger charge is 2.23. The van der Waals surface area contributed by atoms with Gasteiger partial charge in [0, 0.05) is 30.4 Å². The van der Waals surface area contributed by atoms with E-state index < -0.39 is 0 Å². The third-order valence-corrected chi connectivity index (χ3v) is 4.79. The number of halogens is 1. The second-order valence-electron chi connectivity index (χ2n) is 6.95. The average Bonchev–Trinajstić information content (AvgIpc) is 2.67. The van der Waals surface area contributed by atoms with Crippen LogP contribution in [0.2, 0.25) is 5.02 Å². The van der Waals surface area contributed by atoms with Gasteiger partial charge in [0.25, 0.3) is 5.91 Å². The van der Waals surface area contributed by atoms with Crippen LogP contribution >= 0.6 is 11.6 Å². The van der Waals surface area contributed by atoms with Crippen LogP contribution in [0.15, 0.2) is 18.2 Å². The number of carbonyl (C=O) groups is 1. The van der Waals surface area contributed by atoms with Crippen molar-refractivity contribution in [2.45, 2.75) is 47.1 Å². The zero-order valence-corrected chi connectivity index (χ0v) is 18.7. The molecule has 7 heteroatoms. The maximum atomic E-state index is 12.7. The van der Waals surface area contributed by atoms with Gasteiger partial charge in [-0.15, -0.1) is 0 Å². The molecule has 0 aliphatic rings. The fourth-order valence-electron chi connectivity index (χ4n) is 3.07. The number of benzene rings is 1. The summed E-state index contributed by atoms with van der Waals surface area (Å²) in [4.78, 5) is 17.3. The van der Waals surface area contributed by atoms with Crippen molar-refractivity contribution in [2.24, 2.45) is 0 Å². The molecule has 158 valence electrons. The van der Waals surface area contributed by atoms with Crippen LogP contribution < -0.4 is 15.4 Å². The number of pyridine rings is 1. The molecule has 0 saturated carbocycles. The number of rotatable bonds is 9. The van der Waals surface area contributed by atoms with E-state index in [2.05, 4.69) is 22.5 Å². The third kappa shape index (κ3) is 5.84. The highest BCUT2D eigenvalue weighted by atomic mass is 35.5. The van der Waals surface area contributed by atoms with E-state index in [9.17, 15) is 4.79 Å². The lowest BCUT2D eigenvalue weighted by Gasteiger charge is -2.22. The lowest BCUT2D eigenvalue weighted by molar-refractivity contribution is 0.0960. The summed E-state index contributed by atoms with van der Waals surface area (Å²) in [5.74, 6) is 0.627. The maximum Gasteiger partial charge on any atom is 0.258 e. The number of ether oxygens (including phenoxy) is 2. The molecule has 1 heterocycles. The largest absolute Gasteiger partial charge is 0.438 e. The average molecular weight is 420 g/mol. The Labute approximate surface area is 178 Å². The number of hydrogen-bond acceptors (Lipinski definition) is 5. The smallest absolute Gasteiger partial charge is 0.258 e.